The Hall–Kier alpha value is -2.65. The number of nitrogens with two attached hydrogens (primary N) is 1. The molecule has 0 amide bonds. The standard InChI is InChI=1S/C20H21N3/c1-22-20-19(9-4-10-23-20)12-15-5-2-7-17(11-15)18-8-3-6-16(13-18)14-21/h2-11,13H,12,14,21H2,1H3,(H,22,23). The van der Waals surface area contributed by atoms with E-state index < -0.39 is 0 Å². The summed E-state index contributed by atoms with van der Waals surface area (Å²) in [5.41, 5.74) is 11.8. The maximum atomic E-state index is 5.75. The molecule has 3 heteroatoms. The molecule has 0 atom stereocenters. The highest BCUT2D eigenvalue weighted by atomic mass is 15.0. The van der Waals surface area contributed by atoms with Crippen LogP contribution in [0.1, 0.15) is 16.7 Å². The fourth-order valence-corrected chi connectivity index (χ4v) is 2.76. The van der Waals surface area contributed by atoms with Crippen molar-refractivity contribution in [2.45, 2.75) is 13.0 Å². The van der Waals surface area contributed by atoms with Crippen LogP contribution in [0.4, 0.5) is 5.82 Å². The van der Waals surface area contributed by atoms with Crippen LogP contribution in [0.5, 0.6) is 0 Å². The molecule has 3 rings (SSSR count). The van der Waals surface area contributed by atoms with E-state index in [-0.39, 0.29) is 0 Å². The van der Waals surface area contributed by atoms with Crippen LogP contribution in [0.3, 0.4) is 0 Å². The Labute approximate surface area is 137 Å². The molecule has 1 heterocycles. The number of hydrogen-bond donors (Lipinski definition) is 2. The molecule has 0 spiro atoms. The minimum absolute atomic E-state index is 0.564. The van der Waals surface area contributed by atoms with E-state index >= 15 is 0 Å². The molecule has 0 aliphatic carbocycles. The van der Waals surface area contributed by atoms with Gasteiger partial charge in [-0.2, -0.15) is 0 Å². The Morgan fingerprint density at radius 1 is 0.913 bits per heavy atom. The highest BCUT2D eigenvalue weighted by Crippen LogP contribution is 2.24. The highest BCUT2D eigenvalue weighted by molar-refractivity contribution is 5.65. The maximum Gasteiger partial charge on any atom is 0.129 e. The van der Waals surface area contributed by atoms with E-state index in [2.05, 4.69) is 64.9 Å². The molecule has 0 bridgehead atoms. The molecule has 3 nitrogen and oxygen atoms in total. The van der Waals surface area contributed by atoms with Gasteiger partial charge in [-0.1, -0.05) is 48.5 Å². The summed E-state index contributed by atoms with van der Waals surface area (Å²) >= 11 is 0. The van der Waals surface area contributed by atoms with Crippen LogP contribution >= 0.6 is 0 Å². The first-order chi connectivity index (χ1) is 11.3. The molecular weight excluding hydrogens is 282 g/mol. The number of rotatable bonds is 5. The number of nitrogens with one attached hydrogen (secondary N) is 1. The summed E-state index contributed by atoms with van der Waals surface area (Å²) in [6.07, 6.45) is 2.67. The largest absolute Gasteiger partial charge is 0.373 e. The van der Waals surface area contributed by atoms with Gasteiger partial charge in [0.15, 0.2) is 0 Å². The van der Waals surface area contributed by atoms with Gasteiger partial charge in [-0.05, 0) is 39.9 Å². The van der Waals surface area contributed by atoms with Crippen molar-refractivity contribution in [2.24, 2.45) is 5.73 Å². The van der Waals surface area contributed by atoms with Gasteiger partial charge in [0, 0.05) is 26.2 Å². The smallest absolute Gasteiger partial charge is 0.129 e. The molecule has 1 aromatic heterocycles. The predicted octanol–water partition coefficient (Wildman–Crippen LogP) is 3.84. The first kappa shape index (κ1) is 15.3. The summed E-state index contributed by atoms with van der Waals surface area (Å²) in [4.78, 5) is 4.37. The zero-order chi connectivity index (χ0) is 16.1. The minimum atomic E-state index is 0.564. The lowest BCUT2D eigenvalue weighted by Crippen LogP contribution is -1.99. The van der Waals surface area contributed by atoms with Crippen molar-refractivity contribution < 1.29 is 0 Å². The number of benzene rings is 2. The average molecular weight is 303 g/mol. The second kappa shape index (κ2) is 7.07. The van der Waals surface area contributed by atoms with Crippen molar-refractivity contribution in [2.75, 3.05) is 12.4 Å². The summed E-state index contributed by atoms with van der Waals surface area (Å²) in [7, 11) is 1.90. The maximum absolute atomic E-state index is 5.75. The molecule has 0 aliphatic rings. The van der Waals surface area contributed by atoms with E-state index in [4.69, 9.17) is 5.73 Å². The molecule has 116 valence electrons. The zero-order valence-corrected chi connectivity index (χ0v) is 13.3. The minimum Gasteiger partial charge on any atom is -0.373 e. The van der Waals surface area contributed by atoms with Gasteiger partial charge in [-0.3, -0.25) is 0 Å². The van der Waals surface area contributed by atoms with Crippen molar-refractivity contribution in [1.82, 2.24) is 4.98 Å². The normalized spacial score (nSPS) is 10.5. The van der Waals surface area contributed by atoms with Crippen molar-refractivity contribution >= 4 is 5.82 Å². The van der Waals surface area contributed by atoms with Crippen LogP contribution in [-0.4, -0.2) is 12.0 Å². The number of pyridine rings is 1. The first-order valence-electron chi connectivity index (χ1n) is 7.80. The molecule has 2 aromatic carbocycles. The van der Waals surface area contributed by atoms with Gasteiger partial charge in [0.1, 0.15) is 5.82 Å². The summed E-state index contributed by atoms with van der Waals surface area (Å²) < 4.78 is 0. The monoisotopic (exact) mass is 303 g/mol. The van der Waals surface area contributed by atoms with Crippen LogP contribution in [0.2, 0.25) is 0 Å². The number of aromatic nitrogens is 1. The number of anilines is 1. The summed E-state index contributed by atoms with van der Waals surface area (Å²) in [6, 6.07) is 21.1. The van der Waals surface area contributed by atoms with Crippen molar-refractivity contribution in [3.8, 4) is 11.1 Å². The van der Waals surface area contributed by atoms with Gasteiger partial charge in [-0.25, -0.2) is 4.98 Å². The summed E-state index contributed by atoms with van der Waals surface area (Å²) in [5.74, 6) is 0.933. The number of hydrogen-bond acceptors (Lipinski definition) is 3. The Morgan fingerprint density at radius 2 is 1.61 bits per heavy atom. The molecule has 0 saturated carbocycles. The second-order valence-electron chi connectivity index (χ2n) is 5.54. The van der Waals surface area contributed by atoms with E-state index in [1.165, 1.54) is 22.3 Å². The molecule has 3 N–H and O–H groups in total. The van der Waals surface area contributed by atoms with Gasteiger partial charge in [0.25, 0.3) is 0 Å². The Balaban J connectivity index is 1.90. The van der Waals surface area contributed by atoms with E-state index in [1.807, 2.05) is 19.3 Å². The zero-order valence-electron chi connectivity index (χ0n) is 13.3. The fourth-order valence-electron chi connectivity index (χ4n) is 2.76. The average Bonchev–Trinajstić information content (AvgIpc) is 2.62. The SMILES string of the molecule is CNc1ncccc1Cc1cccc(-c2cccc(CN)c2)c1. The van der Waals surface area contributed by atoms with Gasteiger partial charge in [-0.15, -0.1) is 0 Å². The Morgan fingerprint density at radius 3 is 2.30 bits per heavy atom. The molecule has 23 heavy (non-hydrogen) atoms. The van der Waals surface area contributed by atoms with Crippen LogP contribution in [0, 0.1) is 0 Å². The Bertz CT molecular complexity index is 796. The topological polar surface area (TPSA) is 50.9 Å². The van der Waals surface area contributed by atoms with Crippen LogP contribution in [-0.2, 0) is 13.0 Å². The molecular formula is C20H21N3. The predicted molar refractivity (Wildman–Crippen MR) is 96.4 cm³/mol. The van der Waals surface area contributed by atoms with E-state index in [1.54, 1.807) is 0 Å². The summed E-state index contributed by atoms with van der Waals surface area (Å²) in [5, 5.41) is 3.15. The van der Waals surface area contributed by atoms with E-state index in [9.17, 15) is 0 Å². The van der Waals surface area contributed by atoms with Crippen LogP contribution < -0.4 is 11.1 Å². The van der Waals surface area contributed by atoms with Gasteiger partial charge in [0.2, 0.25) is 0 Å². The second-order valence-corrected chi connectivity index (χ2v) is 5.54. The summed E-state index contributed by atoms with van der Waals surface area (Å²) in [6.45, 7) is 0.564. The first-order valence-corrected chi connectivity index (χ1v) is 7.80. The lowest BCUT2D eigenvalue weighted by molar-refractivity contribution is 1.07. The van der Waals surface area contributed by atoms with Gasteiger partial charge >= 0.3 is 0 Å². The van der Waals surface area contributed by atoms with Crippen LogP contribution in [0.25, 0.3) is 11.1 Å². The lowest BCUT2D eigenvalue weighted by Gasteiger charge is -2.10. The van der Waals surface area contributed by atoms with Crippen molar-refractivity contribution in [1.29, 1.82) is 0 Å². The van der Waals surface area contributed by atoms with Gasteiger partial charge in [0.05, 0.1) is 0 Å². The molecule has 0 unspecified atom stereocenters. The van der Waals surface area contributed by atoms with Crippen molar-refractivity contribution in [3.05, 3.63) is 83.6 Å². The third-order valence-corrected chi connectivity index (χ3v) is 3.95. The molecule has 0 radical (unpaired) electrons. The van der Waals surface area contributed by atoms with Gasteiger partial charge < -0.3 is 11.1 Å². The molecule has 0 saturated heterocycles. The van der Waals surface area contributed by atoms with E-state index in [0.29, 0.717) is 6.54 Å². The number of nitrogens with zero attached hydrogens (tertiary/aromatic N) is 1. The third-order valence-electron chi connectivity index (χ3n) is 3.95. The lowest BCUT2D eigenvalue weighted by atomic mass is 9.98. The van der Waals surface area contributed by atoms with Crippen LogP contribution in [0.15, 0.2) is 66.9 Å². The van der Waals surface area contributed by atoms with E-state index in [0.717, 1.165) is 17.8 Å². The molecule has 3 aromatic rings. The third kappa shape index (κ3) is 3.58. The molecule has 0 aliphatic heterocycles. The highest BCUT2D eigenvalue weighted by Gasteiger charge is 2.05. The quantitative estimate of drug-likeness (QED) is 0.753. The van der Waals surface area contributed by atoms with Crippen molar-refractivity contribution in [3.63, 3.8) is 0 Å². The Kier molecular flexibility index (Phi) is 4.69. The fraction of sp³-hybridized carbons (Fsp3) is 0.150. The molecule has 0 fully saturated rings.